The summed E-state index contributed by atoms with van der Waals surface area (Å²) in [4.78, 5) is 0. The Bertz CT molecular complexity index is 463. The van der Waals surface area contributed by atoms with Crippen LogP contribution in [0.4, 0.5) is 0 Å². The van der Waals surface area contributed by atoms with E-state index in [1.807, 2.05) is 0 Å². The SMILES string of the molecule is CCCCCCCCOC[C@H]1OC(OCCCCCCCC)[C@H](O)[C@@H](O)[C@@H]1OCCCCCCCC. The average Bonchev–Trinajstić information content (AvgIpc) is 2.88. The molecule has 2 N–H and O–H groups in total. The van der Waals surface area contributed by atoms with E-state index < -0.39 is 30.7 Å². The molecule has 0 spiro atoms. The van der Waals surface area contributed by atoms with Gasteiger partial charge in [-0.1, -0.05) is 117 Å². The van der Waals surface area contributed by atoms with Crippen molar-refractivity contribution in [3.05, 3.63) is 0 Å². The predicted octanol–water partition coefficient (Wildman–Crippen LogP) is 6.93. The van der Waals surface area contributed by atoms with E-state index in [2.05, 4.69) is 20.8 Å². The Hall–Kier alpha value is -0.240. The van der Waals surface area contributed by atoms with Gasteiger partial charge in [0.25, 0.3) is 0 Å². The van der Waals surface area contributed by atoms with E-state index in [-0.39, 0.29) is 0 Å². The summed E-state index contributed by atoms with van der Waals surface area (Å²) < 4.78 is 24.0. The molecular formula is C30H60O6. The van der Waals surface area contributed by atoms with Crippen LogP contribution in [0, 0.1) is 0 Å². The fourth-order valence-corrected chi connectivity index (χ4v) is 4.75. The van der Waals surface area contributed by atoms with Gasteiger partial charge in [-0.15, -0.1) is 0 Å². The van der Waals surface area contributed by atoms with Crippen molar-refractivity contribution in [2.45, 2.75) is 167 Å². The van der Waals surface area contributed by atoms with Crippen molar-refractivity contribution in [3.8, 4) is 0 Å². The second-order valence-electron chi connectivity index (χ2n) is 10.6. The first-order valence-electron chi connectivity index (χ1n) is 15.5. The first-order chi connectivity index (χ1) is 17.7. The molecule has 1 unspecified atom stereocenters. The molecule has 0 saturated carbocycles. The third-order valence-corrected chi connectivity index (χ3v) is 7.15. The lowest BCUT2D eigenvalue weighted by Crippen LogP contribution is -2.60. The molecule has 0 aromatic carbocycles. The summed E-state index contributed by atoms with van der Waals surface area (Å²) in [5.74, 6) is 0. The van der Waals surface area contributed by atoms with Gasteiger partial charge >= 0.3 is 0 Å². The highest BCUT2D eigenvalue weighted by atomic mass is 16.7. The highest BCUT2D eigenvalue weighted by Crippen LogP contribution is 2.26. The Balaban J connectivity index is 2.46. The molecule has 5 atom stereocenters. The number of aliphatic hydroxyl groups is 2. The predicted molar refractivity (Wildman–Crippen MR) is 147 cm³/mol. The summed E-state index contributed by atoms with van der Waals surface area (Å²) in [6, 6.07) is 0. The van der Waals surface area contributed by atoms with Crippen LogP contribution in [-0.2, 0) is 18.9 Å². The van der Waals surface area contributed by atoms with E-state index in [1.54, 1.807) is 0 Å². The summed E-state index contributed by atoms with van der Waals surface area (Å²) in [7, 11) is 0. The molecule has 0 aromatic rings. The van der Waals surface area contributed by atoms with Gasteiger partial charge in [-0.05, 0) is 19.3 Å². The molecule has 6 nitrogen and oxygen atoms in total. The third-order valence-electron chi connectivity index (χ3n) is 7.15. The molecule has 6 heteroatoms. The van der Waals surface area contributed by atoms with E-state index in [9.17, 15) is 10.2 Å². The van der Waals surface area contributed by atoms with Crippen LogP contribution in [-0.4, -0.2) is 67.3 Å². The van der Waals surface area contributed by atoms with E-state index in [0.717, 1.165) is 32.1 Å². The minimum Gasteiger partial charge on any atom is -0.387 e. The van der Waals surface area contributed by atoms with E-state index in [1.165, 1.54) is 83.5 Å². The van der Waals surface area contributed by atoms with E-state index in [4.69, 9.17) is 18.9 Å². The Morgan fingerprint density at radius 2 is 0.972 bits per heavy atom. The number of rotatable bonds is 25. The van der Waals surface area contributed by atoms with Gasteiger partial charge < -0.3 is 29.2 Å². The van der Waals surface area contributed by atoms with Gasteiger partial charge in [0.2, 0.25) is 0 Å². The Morgan fingerprint density at radius 3 is 1.50 bits per heavy atom. The summed E-state index contributed by atoms with van der Waals surface area (Å²) in [6.07, 6.45) is 17.3. The summed E-state index contributed by atoms with van der Waals surface area (Å²) in [6.45, 7) is 8.77. The van der Waals surface area contributed by atoms with Crippen LogP contribution in [0.2, 0.25) is 0 Å². The zero-order valence-electron chi connectivity index (χ0n) is 24.0. The lowest BCUT2D eigenvalue weighted by Gasteiger charge is -2.42. The van der Waals surface area contributed by atoms with E-state index >= 15 is 0 Å². The van der Waals surface area contributed by atoms with Crippen LogP contribution in [0.25, 0.3) is 0 Å². The third kappa shape index (κ3) is 15.9. The molecule has 36 heavy (non-hydrogen) atoms. The van der Waals surface area contributed by atoms with Crippen LogP contribution in [0.3, 0.4) is 0 Å². The maximum Gasteiger partial charge on any atom is 0.186 e. The number of hydrogen-bond acceptors (Lipinski definition) is 6. The molecule has 1 rings (SSSR count). The fourth-order valence-electron chi connectivity index (χ4n) is 4.75. The van der Waals surface area contributed by atoms with Gasteiger partial charge in [0.15, 0.2) is 6.29 Å². The second kappa shape index (κ2) is 23.8. The van der Waals surface area contributed by atoms with Crippen LogP contribution in [0.5, 0.6) is 0 Å². The Labute approximate surface area is 222 Å². The Kier molecular flexibility index (Phi) is 22.4. The topological polar surface area (TPSA) is 77.4 Å². The van der Waals surface area contributed by atoms with Crippen molar-refractivity contribution >= 4 is 0 Å². The zero-order valence-corrected chi connectivity index (χ0v) is 24.0. The van der Waals surface area contributed by atoms with Crippen molar-refractivity contribution in [2.75, 3.05) is 26.4 Å². The largest absolute Gasteiger partial charge is 0.387 e. The molecule has 216 valence electrons. The van der Waals surface area contributed by atoms with Crippen molar-refractivity contribution < 1.29 is 29.2 Å². The average molecular weight is 517 g/mol. The van der Waals surface area contributed by atoms with Gasteiger partial charge in [0.1, 0.15) is 24.4 Å². The van der Waals surface area contributed by atoms with Crippen molar-refractivity contribution in [1.82, 2.24) is 0 Å². The van der Waals surface area contributed by atoms with Crippen molar-refractivity contribution in [1.29, 1.82) is 0 Å². The quantitative estimate of drug-likeness (QED) is 0.128. The van der Waals surface area contributed by atoms with Crippen LogP contribution in [0.15, 0.2) is 0 Å². The van der Waals surface area contributed by atoms with Crippen LogP contribution in [0.1, 0.15) is 136 Å². The number of unbranched alkanes of at least 4 members (excludes halogenated alkanes) is 15. The molecule has 1 heterocycles. The maximum atomic E-state index is 10.9. The van der Waals surface area contributed by atoms with Gasteiger partial charge in [-0.3, -0.25) is 0 Å². The number of ether oxygens (including phenoxy) is 4. The van der Waals surface area contributed by atoms with E-state index in [0.29, 0.717) is 26.4 Å². The summed E-state index contributed by atoms with van der Waals surface area (Å²) in [5, 5.41) is 21.6. The summed E-state index contributed by atoms with van der Waals surface area (Å²) in [5.41, 5.74) is 0. The minimum absolute atomic E-state index is 0.344. The van der Waals surface area contributed by atoms with Crippen LogP contribution < -0.4 is 0 Å². The lowest BCUT2D eigenvalue weighted by molar-refractivity contribution is -0.309. The number of hydrogen-bond donors (Lipinski definition) is 2. The minimum atomic E-state index is -1.12. The lowest BCUT2D eigenvalue weighted by atomic mass is 9.99. The summed E-state index contributed by atoms with van der Waals surface area (Å²) >= 11 is 0. The first kappa shape index (κ1) is 33.8. The van der Waals surface area contributed by atoms with Gasteiger partial charge in [-0.25, -0.2) is 0 Å². The molecule has 0 aliphatic carbocycles. The van der Waals surface area contributed by atoms with Gasteiger partial charge in [0.05, 0.1) is 6.61 Å². The molecule has 1 aliphatic rings. The molecule has 0 radical (unpaired) electrons. The second-order valence-corrected chi connectivity index (χ2v) is 10.6. The molecular weight excluding hydrogens is 456 g/mol. The van der Waals surface area contributed by atoms with Gasteiger partial charge in [-0.2, -0.15) is 0 Å². The Morgan fingerprint density at radius 1 is 0.528 bits per heavy atom. The van der Waals surface area contributed by atoms with Crippen molar-refractivity contribution in [2.24, 2.45) is 0 Å². The smallest absolute Gasteiger partial charge is 0.186 e. The normalized spacial score (nSPS) is 24.4. The highest BCUT2D eigenvalue weighted by Gasteiger charge is 2.45. The standard InChI is InChI=1S/C30H60O6/c1-4-7-10-13-16-19-22-33-25-26-29(34-23-20-17-14-11-8-5-2)27(31)28(32)30(36-26)35-24-21-18-15-12-9-6-3/h26-32H,4-25H2,1-3H3/t26-,27-,28-,29-,30?/m1/s1. The van der Waals surface area contributed by atoms with Gasteiger partial charge in [0, 0.05) is 19.8 Å². The van der Waals surface area contributed by atoms with Crippen molar-refractivity contribution in [3.63, 3.8) is 0 Å². The molecule has 0 amide bonds. The van der Waals surface area contributed by atoms with Crippen LogP contribution >= 0.6 is 0 Å². The molecule has 0 aromatic heterocycles. The highest BCUT2D eigenvalue weighted by molar-refractivity contribution is 4.90. The zero-order chi connectivity index (χ0) is 26.3. The molecule has 1 aliphatic heterocycles. The maximum absolute atomic E-state index is 10.9. The number of aliphatic hydroxyl groups excluding tert-OH is 2. The first-order valence-corrected chi connectivity index (χ1v) is 15.5. The molecule has 1 saturated heterocycles. The molecule has 0 bridgehead atoms. The monoisotopic (exact) mass is 516 g/mol. The molecule has 1 fully saturated rings. The fraction of sp³-hybridized carbons (Fsp3) is 1.00.